The lowest BCUT2D eigenvalue weighted by Crippen LogP contribution is -2.33. The number of ether oxygens (including phenoxy) is 1. The summed E-state index contributed by atoms with van der Waals surface area (Å²) in [7, 11) is 0. The zero-order valence-electron chi connectivity index (χ0n) is 14.7. The van der Waals surface area contributed by atoms with Gasteiger partial charge in [-0.25, -0.2) is 15.0 Å². The first-order valence-electron chi connectivity index (χ1n) is 8.63. The van der Waals surface area contributed by atoms with Gasteiger partial charge in [0.25, 0.3) is 0 Å². The standard InChI is InChI=1S/C16H25N5O5/c1-8(2)3-9(4-22)20-14-11-15(18-6-17-14)21(7-19-11)16-13(25)12(24)10(5-23)26-16/h6-10,12-13,16,22-25H,3-5H2,1-2H3,(H,17,18,20)/t9-,10+,12+,13+,16+/m0/s1. The van der Waals surface area contributed by atoms with Gasteiger partial charge in [0, 0.05) is 0 Å². The minimum atomic E-state index is -1.22. The lowest BCUT2D eigenvalue weighted by atomic mass is 10.0. The smallest absolute Gasteiger partial charge is 0.167 e. The van der Waals surface area contributed by atoms with Crippen LogP contribution in [0.3, 0.4) is 0 Å². The number of nitrogens with one attached hydrogen (secondary N) is 1. The van der Waals surface area contributed by atoms with Crippen LogP contribution in [0.15, 0.2) is 12.7 Å². The third-order valence-corrected chi connectivity index (χ3v) is 4.47. The molecule has 10 heteroatoms. The summed E-state index contributed by atoms with van der Waals surface area (Å²) < 4.78 is 7.04. The zero-order chi connectivity index (χ0) is 18.8. The van der Waals surface area contributed by atoms with Crippen LogP contribution in [0.5, 0.6) is 0 Å². The normalized spacial score (nSPS) is 27.3. The van der Waals surface area contributed by atoms with Gasteiger partial charge in [0.1, 0.15) is 24.6 Å². The van der Waals surface area contributed by atoms with E-state index in [1.54, 1.807) is 0 Å². The fourth-order valence-corrected chi connectivity index (χ4v) is 3.20. The van der Waals surface area contributed by atoms with Gasteiger partial charge >= 0.3 is 0 Å². The summed E-state index contributed by atoms with van der Waals surface area (Å²) >= 11 is 0. The molecule has 0 aromatic carbocycles. The molecule has 3 heterocycles. The summed E-state index contributed by atoms with van der Waals surface area (Å²) in [5, 5.41) is 42.2. The second-order valence-electron chi connectivity index (χ2n) is 6.93. The highest BCUT2D eigenvalue weighted by molar-refractivity contribution is 5.82. The van der Waals surface area contributed by atoms with Gasteiger partial charge in [-0.15, -0.1) is 0 Å². The minimum Gasteiger partial charge on any atom is -0.394 e. The maximum atomic E-state index is 10.2. The molecule has 1 aliphatic heterocycles. The lowest BCUT2D eigenvalue weighted by molar-refractivity contribution is -0.0511. The van der Waals surface area contributed by atoms with Crippen molar-refractivity contribution in [1.29, 1.82) is 0 Å². The van der Waals surface area contributed by atoms with E-state index in [0.717, 1.165) is 6.42 Å². The molecule has 1 aliphatic rings. The average Bonchev–Trinajstić information content (AvgIpc) is 3.16. The maximum absolute atomic E-state index is 10.2. The molecule has 0 bridgehead atoms. The van der Waals surface area contributed by atoms with Gasteiger partial charge in [-0.2, -0.15) is 0 Å². The van der Waals surface area contributed by atoms with E-state index in [0.29, 0.717) is 22.9 Å². The van der Waals surface area contributed by atoms with Crippen molar-refractivity contribution in [2.24, 2.45) is 5.92 Å². The molecule has 0 aliphatic carbocycles. The summed E-state index contributed by atoms with van der Waals surface area (Å²) in [6, 6.07) is -0.174. The molecule has 144 valence electrons. The van der Waals surface area contributed by atoms with Gasteiger partial charge in [0.15, 0.2) is 23.2 Å². The molecule has 0 spiro atoms. The van der Waals surface area contributed by atoms with Crippen LogP contribution in [-0.2, 0) is 4.74 Å². The van der Waals surface area contributed by atoms with Crippen molar-refractivity contribution in [3.8, 4) is 0 Å². The van der Waals surface area contributed by atoms with Gasteiger partial charge in [0.2, 0.25) is 0 Å². The van der Waals surface area contributed by atoms with Crippen molar-refractivity contribution in [3.05, 3.63) is 12.7 Å². The first-order chi connectivity index (χ1) is 12.5. The molecule has 0 amide bonds. The van der Waals surface area contributed by atoms with Crippen LogP contribution in [0, 0.1) is 5.92 Å². The summed E-state index contributed by atoms with van der Waals surface area (Å²) in [5.74, 6) is 0.869. The number of hydrogen-bond acceptors (Lipinski definition) is 9. The lowest BCUT2D eigenvalue weighted by Gasteiger charge is -2.19. The van der Waals surface area contributed by atoms with Crippen LogP contribution in [0.25, 0.3) is 11.2 Å². The van der Waals surface area contributed by atoms with Crippen molar-refractivity contribution in [3.63, 3.8) is 0 Å². The summed E-state index contributed by atoms with van der Waals surface area (Å²) in [4.78, 5) is 12.7. The van der Waals surface area contributed by atoms with E-state index in [2.05, 4.69) is 34.1 Å². The number of aliphatic hydroxyl groups is 4. The molecule has 1 fully saturated rings. The maximum Gasteiger partial charge on any atom is 0.167 e. The van der Waals surface area contributed by atoms with Gasteiger partial charge < -0.3 is 30.5 Å². The number of aliphatic hydroxyl groups excluding tert-OH is 4. The van der Waals surface area contributed by atoms with Crippen LogP contribution in [0.1, 0.15) is 26.5 Å². The molecular formula is C16H25N5O5. The Hall–Kier alpha value is -1.85. The summed E-state index contributed by atoms with van der Waals surface area (Å²) in [6.45, 7) is 3.68. The molecule has 0 radical (unpaired) electrons. The quantitative estimate of drug-likeness (QED) is 0.427. The Balaban J connectivity index is 1.89. The molecule has 5 N–H and O–H groups in total. The van der Waals surface area contributed by atoms with Crippen molar-refractivity contribution >= 4 is 17.0 Å². The van der Waals surface area contributed by atoms with E-state index in [9.17, 15) is 20.4 Å². The topological polar surface area (TPSA) is 146 Å². The van der Waals surface area contributed by atoms with Gasteiger partial charge in [-0.3, -0.25) is 4.57 Å². The number of anilines is 1. The van der Waals surface area contributed by atoms with Crippen LogP contribution in [0.4, 0.5) is 5.82 Å². The number of nitrogens with zero attached hydrogens (tertiary/aromatic N) is 4. The van der Waals surface area contributed by atoms with E-state index in [1.165, 1.54) is 17.2 Å². The highest BCUT2D eigenvalue weighted by Gasteiger charge is 2.44. The number of hydrogen-bond donors (Lipinski definition) is 5. The van der Waals surface area contributed by atoms with E-state index in [4.69, 9.17) is 4.74 Å². The van der Waals surface area contributed by atoms with E-state index in [-0.39, 0.29) is 12.6 Å². The van der Waals surface area contributed by atoms with Gasteiger partial charge in [-0.05, 0) is 12.3 Å². The van der Waals surface area contributed by atoms with E-state index < -0.39 is 31.1 Å². The Kier molecular flexibility index (Phi) is 5.68. The third kappa shape index (κ3) is 3.51. The van der Waals surface area contributed by atoms with Crippen LogP contribution in [-0.4, -0.2) is 77.5 Å². The second kappa shape index (κ2) is 7.80. The number of rotatable bonds is 7. The van der Waals surface area contributed by atoms with Crippen molar-refractivity contribution in [2.45, 2.75) is 50.8 Å². The second-order valence-corrected chi connectivity index (χ2v) is 6.93. The average molecular weight is 367 g/mol. The molecule has 0 saturated carbocycles. The van der Waals surface area contributed by atoms with E-state index >= 15 is 0 Å². The fraction of sp³-hybridized carbons (Fsp3) is 0.688. The van der Waals surface area contributed by atoms with Gasteiger partial charge in [0.05, 0.1) is 25.6 Å². The Morgan fingerprint density at radius 2 is 1.96 bits per heavy atom. The Bertz CT molecular complexity index is 739. The Labute approximate surface area is 150 Å². The molecule has 10 nitrogen and oxygen atoms in total. The molecule has 5 atom stereocenters. The van der Waals surface area contributed by atoms with Crippen LogP contribution < -0.4 is 5.32 Å². The van der Waals surface area contributed by atoms with Crippen molar-refractivity contribution in [1.82, 2.24) is 19.5 Å². The predicted octanol–water partition coefficient (Wildman–Crippen LogP) is -0.743. The van der Waals surface area contributed by atoms with Gasteiger partial charge in [-0.1, -0.05) is 13.8 Å². The molecule has 2 aromatic rings. The summed E-state index contributed by atoms with van der Waals surface area (Å²) in [5.41, 5.74) is 0.881. The first kappa shape index (κ1) is 18.9. The van der Waals surface area contributed by atoms with Crippen molar-refractivity contribution in [2.75, 3.05) is 18.5 Å². The predicted molar refractivity (Wildman–Crippen MR) is 92.3 cm³/mol. The monoisotopic (exact) mass is 367 g/mol. The molecule has 1 saturated heterocycles. The van der Waals surface area contributed by atoms with E-state index in [1.807, 2.05) is 0 Å². The molecule has 2 aromatic heterocycles. The molecule has 3 rings (SSSR count). The fourth-order valence-electron chi connectivity index (χ4n) is 3.20. The molecule has 0 unspecified atom stereocenters. The van der Waals surface area contributed by atoms with Crippen LogP contribution in [0.2, 0.25) is 0 Å². The van der Waals surface area contributed by atoms with Crippen LogP contribution >= 0.6 is 0 Å². The largest absolute Gasteiger partial charge is 0.394 e. The number of fused-ring (bicyclic) bond motifs is 1. The minimum absolute atomic E-state index is 0.0425. The highest BCUT2D eigenvalue weighted by Crippen LogP contribution is 2.32. The third-order valence-electron chi connectivity index (χ3n) is 4.47. The number of aromatic nitrogens is 4. The first-order valence-corrected chi connectivity index (χ1v) is 8.63. The Morgan fingerprint density at radius 3 is 2.58 bits per heavy atom. The summed E-state index contributed by atoms with van der Waals surface area (Å²) in [6.07, 6.45) is -0.656. The van der Waals surface area contributed by atoms with Crippen molar-refractivity contribution < 1.29 is 25.2 Å². The molecule has 26 heavy (non-hydrogen) atoms. The number of imidazole rings is 1. The SMILES string of the molecule is CC(C)C[C@@H](CO)Nc1ncnc2c1ncn2[C@@H]1O[C@H](CO)[C@@H](O)[C@H]1O. The highest BCUT2D eigenvalue weighted by atomic mass is 16.6. The molecular weight excluding hydrogens is 342 g/mol. The zero-order valence-corrected chi connectivity index (χ0v) is 14.7. The Morgan fingerprint density at radius 1 is 1.19 bits per heavy atom.